The molecule has 0 atom stereocenters. The lowest BCUT2D eigenvalue weighted by Gasteiger charge is -1.95. The summed E-state index contributed by atoms with van der Waals surface area (Å²) in [6.07, 6.45) is 1.77. The fraction of sp³-hybridized carbons (Fsp3) is 0.100. The van der Waals surface area contributed by atoms with Gasteiger partial charge in [0.05, 0.1) is 10.6 Å². The summed E-state index contributed by atoms with van der Waals surface area (Å²) in [4.78, 5) is 17.2. The summed E-state index contributed by atoms with van der Waals surface area (Å²) in [6.45, 7) is 1.86. The van der Waals surface area contributed by atoms with E-state index in [0.717, 1.165) is 17.1 Å². The first-order valence-corrected chi connectivity index (χ1v) is 4.43. The number of nitro groups is 1. The van der Waals surface area contributed by atoms with Gasteiger partial charge in [0.1, 0.15) is 5.82 Å². The zero-order chi connectivity index (χ0) is 10.8. The molecule has 76 valence electrons. The molecule has 0 amide bonds. The predicted octanol–water partition coefficient (Wildman–Crippen LogP) is 2.29. The molecule has 15 heavy (non-hydrogen) atoms. The van der Waals surface area contributed by atoms with Gasteiger partial charge in [0.2, 0.25) is 0 Å². The molecule has 0 aliphatic carbocycles. The summed E-state index contributed by atoms with van der Waals surface area (Å²) in [5.41, 5.74) is 1.75. The number of benzene rings is 1. The quantitative estimate of drug-likeness (QED) is 0.601. The van der Waals surface area contributed by atoms with Gasteiger partial charge in [0.25, 0.3) is 5.69 Å². The largest absolute Gasteiger partial charge is 0.348 e. The fourth-order valence-electron chi connectivity index (χ4n) is 1.32. The molecule has 2 aromatic rings. The smallest absolute Gasteiger partial charge is 0.269 e. The van der Waals surface area contributed by atoms with Crippen LogP contribution in [0.3, 0.4) is 0 Å². The van der Waals surface area contributed by atoms with E-state index in [9.17, 15) is 10.1 Å². The van der Waals surface area contributed by atoms with E-state index >= 15 is 0 Å². The average molecular weight is 203 g/mol. The van der Waals surface area contributed by atoms with Crippen LogP contribution >= 0.6 is 0 Å². The number of imidazole rings is 1. The van der Waals surface area contributed by atoms with Gasteiger partial charge in [-0.1, -0.05) is 0 Å². The molecule has 1 heterocycles. The number of hydrogen-bond donors (Lipinski definition) is 1. The van der Waals surface area contributed by atoms with Crippen molar-refractivity contribution in [2.24, 2.45) is 0 Å². The Morgan fingerprint density at radius 2 is 2.00 bits per heavy atom. The molecule has 0 aliphatic heterocycles. The van der Waals surface area contributed by atoms with E-state index in [0.29, 0.717) is 0 Å². The average Bonchev–Trinajstić information content (AvgIpc) is 2.65. The second kappa shape index (κ2) is 3.53. The highest BCUT2D eigenvalue weighted by molar-refractivity contribution is 5.60. The van der Waals surface area contributed by atoms with Gasteiger partial charge >= 0.3 is 0 Å². The normalized spacial score (nSPS) is 10.2. The Morgan fingerprint density at radius 3 is 2.47 bits per heavy atom. The van der Waals surface area contributed by atoms with Crippen molar-refractivity contribution in [2.75, 3.05) is 0 Å². The van der Waals surface area contributed by atoms with Crippen LogP contribution in [-0.2, 0) is 0 Å². The van der Waals surface area contributed by atoms with E-state index < -0.39 is 4.92 Å². The fourth-order valence-corrected chi connectivity index (χ4v) is 1.32. The molecule has 1 aromatic heterocycles. The third kappa shape index (κ3) is 1.85. The molecule has 0 saturated carbocycles. The summed E-state index contributed by atoms with van der Waals surface area (Å²) >= 11 is 0. The molecular formula is C10H9N3O2. The molecule has 0 unspecified atom stereocenters. The van der Waals surface area contributed by atoms with Crippen LogP contribution in [-0.4, -0.2) is 14.9 Å². The van der Waals surface area contributed by atoms with E-state index in [2.05, 4.69) is 9.97 Å². The molecule has 5 heteroatoms. The topological polar surface area (TPSA) is 71.8 Å². The van der Waals surface area contributed by atoms with Gasteiger partial charge in [0.15, 0.2) is 0 Å². The van der Waals surface area contributed by atoms with Crippen molar-refractivity contribution in [3.05, 3.63) is 46.4 Å². The van der Waals surface area contributed by atoms with Crippen LogP contribution in [0.5, 0.6) is 0 Å². The minimum absolute atomic E-state index is 0.0889. The number of nitrogens with one attached hydrogen (secondary N) is 1. The Balaban J connectivity index is 2.35. The standard InChI is InChI=1S/C10H9N3O2/c1-7-11-6-10(12-7)8-2-4-9(5-3-8)13(14)15/h2-6H,1H3,(H,11,12). The zero-order valence-electron chi connectivity index (χ0n) is 8.10. The van der Waals surface area contributed by atoms with Crippen LogP contribution < -0.4 is 0 Å². The van der Waals surface area contributed by atoms with Crippen molar-refractivity contribution >= 4 is 5.69 Å². The van der Waals surface area contributed by atoms with E-state index in [-0.39, 0.29) is 5.69 Å². The van der Waals surface area contributed by atoms with Gasteiger partial charge in [-0.3, -0.25) is 10.1 Å². The van der Waals surface area contributed by atoms with Crippen molar-refractivity contribution in [1.82, 2.24) is 9.97 Å². The first-order valence-electron chi connectivity index (χ1n) is 4.43. The second-order valence-electron chi connectivity index (χ2n) is 3.18. The number of H-pyrrole nitrogens is 1. The van der Waals surface area contributed by atoms with Crippen LogP contribution in [0, 0.1) is 17.0 Å². The van der Waals surface area contributed by atoms with E-state index in [1.54, 1.807) is 18.3 Å². The SMILES string of the molecule is Cc1nc(-c2ccc([N+](=O)[O-])cc2)c[nH]1. The molecule has 0 spiro atoms. The van der Waals surface area contributed by atoms with Crippen LogP contribution in [0.1, 0.15) is 5.82 Å². The third-order valence-corrected chi connectivity index (χ3v) is 2.08. The van der Waals surface area contributed by atoms with Gasteiger partial charge in [-0.25, -0.2) is 4.98 Å². The number of hydrogen-bond acceptors (Lipinski definition) is 3. The molecular weight excluding hydrogens is 194 g/mol. The van der Waals surface area contributed by atoms with E-state index in [4.69, 9.17) is 0 Å². The lowest BCUT2D eigenvalue weighted by molar-refractivity contribution is -0.384. The number of nitro benzene ring substituents is 1. The Bertz CT molecular complexity index is 488. The van der Waals surface area contributed by atoms with Crippen LogP contribution in [0.4, 0.5) is 5.69 Å². The molecule has 1 aromatic carbocycles. The van der Waals surface area contributed by atoms with Crippen LogP contribution in [0.25, 0.3) is 11.3 Å². The Labute approximate surface area is 85.9 Å². The van der Waals surface area contributed by atoms with E-state index in [1.165, 1.54) is 12.1 Å². The Hall–Kier alpha value is -2.17. The molecule has 0 saturated heterocycles. The number of aryl methyl sites for hydroxylation is 1. The highest BCUT2D eigenvalue weighted by Gasteiger charge is 2.06. The summed E-state index contributed by atoms with van der Waals surface area (Å²) in [5, 5.41) is 10.4. The van der Waals surface area contributed by atoms with Crippen molar-refractivity contribution in [3.63, 3.8) is 0 Å². The van der Waals surface area contributed by atoms with Gasteiger partial charge in [-0.2, -0.15) is 0 Å². The van der Waals surface area contributed by atoms with Gasteiger partial charge in [-0.15, -0.1) is 0 Å². The van der Waals surface area contributed by atoms with Crippen LogP contribution in [0.15, 0.2) is 30.5 Å². The maximum Gasteiger partial charge on any atom is 0.269 e. The maximum atomic E-state index is 10.4. The summed E-state index contributed by atoms with van der Waals surface area (Å²) in [6, 6.07) is 6.32. The monoisotopic (exact) mass is 203 g/mol. The van der Waals surface area contributed by atoms with Crippen molar-refractivity contribution in [3.8, 4) is 11.3 Å². The molecule has 1 N–H and O–H groups in total. The second-order valence-corrected chi connectivity index (χ2v) is 3.18. The highest BCUT2D eigenvalue weighted by Crippen LogP contribution is 2.20. The lowest BCUT2D eigenvalue weighted by atomic mass is 10.1. The minimum atomic E-state index is -0.417. The molecule has 0 radical (unpaired) electrons. The Kier molecular flexibility index (Phi) is 2.21. The number of aromatic nitrogens is 2. The first kappa shape index (κ1) is 9.39. The van der Waals surface area contributed by atoms with Gasteiger partial charge in [-0.05, 0) is 19.1 Å². The van der Waals surface area contributed by atoms with Gasteiger partial charge < -0.3 is 4.98 Å². The highest BCUT2D eigenvalue weighted by atomic mass is 16.6. The Morgan fingerprint density at radius 1 is 1.33 bits per heavy atom. The molecule has 0 fully saturated rings. The predicted molar refractivity (Wildman–Crippen MR) is 55.4 cm³/mol. The lowest BCUT2D eigenvalue weighted by Crippen LogP contribution is -1.87. The summed E-state index contributed by atoms with van der Waals surface area (Å²) in [5.74, 6) is 0.823. The number of nitrogens with zero attached hydrogens (tertiary/aromatic N) is 2. The van der Waals surface area contributed by atoms with Crippen molar-refractivity contribution in [1.29, 1.82) is 0 Å². The third-order valence-electron chi connectivity index (χ3n) is 2.08. The van der Waals surface area contributed by atoms with Crippen molar-refractivity contribution in [2.45, 2.75) is 6.92 Å². The summed E-state index contributed by atoms with van der Waals surface area (Å²) < 4.78 is 0. The number of non-ortho nitro benzene ring substituents is 1. The van der Waals surface area contributed by atoms with E-state index in [1.807, 2.05) is 6.92 Å². The molecule has 5 nitrogen and oxygen atoms in total. The first-order chi connectivity index (χ1) is 7.16. The summed E-state index contributed by atoms with van der Waals surface area (Å²) in [7, 11) is 0. The van der Waals surface area contributed by atoms with Crippen molar-refractivity contribution < 1.29 is 4.92 Å². The maximum absolute atomic E-state index is 10.4. The van der Waals surface area contributed by atoms with Gasteiger partial charge in [0, 0.05) is 23.9 Å². The zero-order valence-corrected chi connectivity index (χ0v) is 8.10. The number of aromatic amines is 1. The molecule has 2 rings (SSSR count). The van der Waals surface area contributed by atoms with Crippen LogP contribution in [0.2, 0.25) is 0 Å². The molecule has 0 bridgehead atoms. The minimum Gasteiger partial charge on any atom is -0.348 e. The number of rotatable bonds is 2. The molecule has 0 aliphatic rings.